The van der Waals surface area contributed by atoms with E-state index >= 15 is 0 Å². The average Bonchev–Trinajstić information content (AvgIpc) is 3.79. The highest BCUT2D eigenvalue weighted by Gasteiger charge is 2.25. The maximum absolute atomic E-state index is 13.4. The highest BCUT2D eigenvalue weighted by Crippen LogP contribution is 2.42. The Balaban J connectivity index is 1.35. The van der Waals surface area contributed by atoms with Gasteiger partial charge in [0.2, 0.25) is 0 Å². The molecule has 0 amide bonds. The maximum atomic E-state index is 13.4. The van der Waals surface area contributed by atoms with Crippen molar-refractivity contribution in [2.24, 2.45) is 0 Å². The summed E-state index contributed by atoms with van der Waals surface area (Å²) in [5.41, 5.74) is 11.8. The smallest absolute Gasteiger partial charge is 0.153 e. The van der Waals surface area contributed by atoms with Gasteiger partial charge < -0.3 is 15.0 Å². The number of nitrogens with zero attached hydrogens (tertiary/aromatic N) is 5. The predicted octanol–water partition coefficient (Wildman–Crippen LogP) is 8.17. The molecule has 9 aromatic rings. The fourth-order valence-electron chi connectivity index (χ4n) is 7.34. The number of para-hydroxylation sites is 2. The Hall–Kier alpha value is -5.60. The molecule has 0 spiro atoms. The Labute approximate surface area is 267 Å². The summed E-state index contributed by atoms with van der Waals surface area (Å²) in [6.45, 7) is 4.20. The van der Waals surface area contributed by atoms with Gasteiger partial charge in [-0.3, -0.25) is 0 Å². The molecule has 224 valence electrons. The lowest BCUT2D eigenvalue weighted by molar-refractivity contribution is 0.683. The Morgan fingerprint density at radius 1 is 0.630 bits per heavy atom. The molecular weight excluding hydrogens is 589 g/mol. The van der Waals surface area contributed by atoms with E-state index in [0.717, 1.165) is 88.8 Å². The molecule has 8 heteroatoms. The van der Waals surface area contributed by atoms with E-state index in [2.05, 4.69) is 120 Å². The maximum Gasteiger partial charge on any atom is 0.153 e. The zero-order valence-corrected chi connectivity index (χ0v) is 26.4. The van der Waals surface area contributed by atoms with Crippen LogP contribution < -0.4 is 5.84 Å². The summed E-state index contributed by atoms with van der Waals surface area (Å²) in [7, 11) is -1.36. The highest BCUT2D eigenvalue weighted by molar-refractivity contribution is 7.83. The molecule has 0 saturated heterocycles. The molecule has 0 aliphatic heterocycles. The van der Waals surface area contributed by atoms with E-state index in [1.165, 1.54) is 0 Å². The summed E-state index contributed by atoms with van der Waals surface area (Å²) in [6, 6.07) is 39.8. The van der Waals surface area contributed by atoms with Gasteiger partial charge in [-0.25, -0.2) is 17.8 Å². The van der Waals surface area contributed by atoms with E-state index in [1.807, 2.05) is 22.2 Å². The summed E-state index contributed by atoms with van der Waals surface area (Å²) >= 11 is 0. The van der Waals surface area contributed by atoms with Crippen molar-refractivity contribution >= 4 is 65.8 Å². The van der Waals surface area contributed by atoms with Crippen LogP contribution in [0.3, 0.4) is 0 Å². The number of aryl methyl sites for hydroxylation is 2. The van der Waals surface area contributed by atoms with Gasteiger partial charge in [0, 0.05) is 56.1 Å². The number of fused-ring (bicyclic) bond motifs is 8. The Morgan fingerprint density at radius 3 is 2.15 bits per heavy atom. The molecule has 9 rings (SSSR count). The quantitative estimate of drug-likeness (QED) is 0.202. The molecule has 0 radical (unpaired) electrons. The second kappa shape index (κ2) is 9.70. The van der Waals surface area contributed by atoms with Crippen LogP contribution in [-0.4, -0.2) is 33.2 Å². The molecule has 46 heavy (non-hydrogen) atoms. The van der Waals surface area contributed by atoms with Gasteiger partial charge in [0.25, 0.3) is 0 Å². The first-order valence-electron chi connectivity index (χ1n) is 15.2. The molecule has 1 unspecified atom stereocenters. The zero-order valence-electron chi connectivity index (χ0n) is 25.6. The molecule has 0 aliphatic carbocycles. The normalized spacial score (nSPS) is 12.8. The monoisotopic (exact) mass is 618 g/mol. The van der Waals surface area contributed by atoms with Gasteiger partial charge in [-0.15, -0.1) is 0 Å². The van der Waals surface area contributed by atoms with Crippen molar-refractivity contribution in [2.45, 2.75) is 13.8 Å². The van der Waals surface area contributed by atoms with Gasteiger partial charge in [0.15, 0.2) is 5.65 Å². The van der Waals surface area contributed by atoms with Gasteiger partial charge in [-0.2, -0.15) is 0 Å². The van der Waals surface area contributed by atoms with Crippen molar-refractivity contribution in [3.63, 3.8) is 0 Å². The van der Waals surface area contributed by atoms with Gasteiger partial charge in [-0.05, 0) is 80.6 Å². The lowest BCUT2D eigenvalue weighted by atomic mass is 10.0. The number of hydrogen-bond acceptors (Lipinski definition) is 3. The minimum absolute atomic E-state index is 0.721. The summed E-state index contributed by atoms with van der Waals surface area (Å²) in [5, 5.41) is 4.06. The lowest BCUT2D eigenvalue weighted by Gasteiger charge is -2.11. The topological polar surface area (TPSA) is 75.7 Å². The third-order valence-corrected chi connectivity index (χ3v) is 10.1. The van der Waals surface area contributed by atoms with Gasteiger partial charge in [-0.1, -0.05) is 48.5 Å². The molecule has 0 aliphatic rings. The number of hydrogen-bond donors (Lipinski definition) is 1. The number of benzene rings is 4. The summed E-state index contributed by atoms with van der Waals surface area (Å²) in [4.78, 5) is 5.34. The van der Waals surface area contributed by atoms with E-state index in [-0.39, 0.29) is 0 Å². The van der Waals surface area contributed by atoms with E-state index in [0.29, 0.717) is 0 Å². The SMILES string of the molecule is Cc1ccc(C)n1-c1ccc2c3c4c(-c5ccc6c(n5)c5ccccc5n6-c5ccccc5)cccc4n(S(C)=O)c3n(N)c2c1. The van der Waals surface area contributed by atoms with Crippen LogP contribution in [0.4, 0.5) is 0 Å². The summed E-state index contributed by atoms with van der Waals surface area (Å²) in [6.07, 6.45) is 1.70. The minimum atomic E-state index is -1.36. The van der Waals surface area contributed by atoms with E-state index in [1.54, 1.807) is 10.9 Å². The number of pyridine rings is 1. The van der Waals surface area contributed by atoms with Crippen molar-refractivity contribution in [1.82, 2.24) is 22.8 Å². The van der Waals surface area contributed by atoms with Crippen LogP contribution in [0.25, 0.3) is 77.4 Å². The Kier molecular flexibility index (Phi) is 5.64. The molecule has 5 heterocycles. The number of nitrogens with two attached hydrogens (primary N) is 1. The third kappa shape index (κ3) is 3.59. The first-order valence-corrected chi connectivity index (χ1v) is 16.8. The number of aromatic nitrogens is 5. The number of nitrogen functional groups attached to an aromatic ring is 1. The fraction of sp³-hybridized carbons (Fsp3) is 0.0789. The van der Waals surface area contributed by atoms with Gasteiger partial charge in [0.05, 0.1) is 33.3 Å². The van der Waals surface area contributed by atoms with Crippen molar-refractivity contribution in [1.29, 1.82) is 0 Å². The first-order chi connectivity index (χ1) is 22.4. The molecule has 4 aromatic carbocycles. The Morgan fingerprint density at radius 2 is 1.37 bits per heavy atom. The van der Waals surface area contributed by atoms with Crippen molar-refractivity contribution in [2.75, 3.05) is 12.1 Å². The fourth-order valence-corrected chi connectivity index (χ4v) is 8.19. The van der Waals surface area contributed by atoms with Gasteiger partial charge >= 0.3 is 0 Å². The Bertz CT molecular complexity index is 2690. The number of rotatable bonds is 4. The van der Waals surface area contributed by atoms with Crippen LogP contribution in [-0.2, 0) is 11.0 Å². The molecular formula is C38H30N6OS. The standard InChI is InChI=1S/C38H30N6OS/c1-23-16-17-24(2)41(23)26-18-19-28-34(22-26)43(39)38-36(28)35-27(13-9-15-32(35)44(38)46(3)45)30-20-21-33-37(40-30)29-12-7-8-14-31(29)42(33)25-10-5-4-6-11-25/h4-22H,39H2,1-3H3. The van der Waals surface area contributed by atoms with Crippen LogP contribution in [0.1, 0.15) is 11.4 Å². The van der Waals surface area contributed by atoms with E-state index in [9.17, 15) is 4.21 Å². The second-order valence-electron chi connectivity index (χ2n) is 11.9. The molecule has 2 N–H and O–H groups in total. The largest absolute Gasteiger partial charge is 0.337 e. The van der Waals surface area contributed by atoms with Crippen molar-refractivity contribution in [3.8, 4) is 22.6 Å². The van der Waals surface area contributed by atoms with E-state index < -0.39 is 11.0 Å². The van der Waals surface area contributed by atoms with Crippen molar-refractivity contribution in [3.05, 3.63) is 127 Å². The van der Waals surface area contributed by atoms with Crippen LogP contribution in [0.5, 0.6) is 0 Å². The molecule has 0 fully saturated rings. The van der Waals surface area contributed by atoms with Crippen LogP contribution >= 0.6 is 0 Å². The highest BCUT2D eigenvalue weighted by atomic mass is 32.2. The molecule has 1 atom stereocenters. The third-order valence-electron chi connectivity index (χ3n) is 9.26. The van der Waals surface area contributed by atoms with E-state index in [4.69, 9.17) is 10.8 Å². The summed E-state index contributed by atoms with van der Waals surface area (Å²) < 4.78 is 21.4. The lowest BCUT2D eigenvalue weighted by Crippen LogP contribution is -2.13. The molecule has 5 aromatic heterocycles. The molecule has 0 bridgehead atoms. The second-order valence-corrected chi connectivity index (χ2v) is 13.1. The van der Waals surface area contributed by atoms with Gasteiger partial charge in [0.1, 0.15) is 11.0 Å². The summed E-state index contributed by atoms with van der Waals surface area (Å²) in [5.74, 6) is 6.89. The van der Waals surface area contributed by atoms with Crippen LogP contribution in [0, 0.1) is 13.8 Å². The molecule has 7 nitrogen and oxygen atoms in total. The predicted molar refractivity (Wildman–Crippen MR) is 191 cm³/mol. The average molecular weight is 619 g/mol. The minimum Gasteiger partial charge on any atom is -0.337 e. The van der Waals surface area contributed by atoms with Crippen LogP contribution in [0.15, 0.2) is 115 Å². The molecule has 0 saturated carbocycles. The van der Waals surface area contributed by atoms with Crippen LogP contribution in [0.2, 0.25) is 0 Å². The first kappa shape index (κ1) is 26.8. The van der Waals surface area contributed by atoms with Crippen molar-refractivity contribution < 1.29 is 4.21 Å². The zero-order chi connectivity index (χ0) is 31.3.